The van der Waals surface area contributed by atoms with E-state index in [1.165, 1.54) is 42.5 Å². The van der Waals surface area contributed by atoms with Crippen LogP contribution in [0.1, 0.15) is 101 Å². The molecule has 18 heteroatoms. The van der Waals surface area contributed by atoms with Crippen molar-refractivity contribution in [3.8, 4) is 22.9 Å². The molecule has 2 aliphatic carbocycles. The third-order valence-electron chi connectivity index (χ3n) is 15.4. The Kier molecular flexibility index (Phi) is 14.7. The van der Waals surface area contributed by atoms with E-state index in [9.17, 15) is 18.4 Å². The lowest BCUT2D eigenvalue weighted by molar-refractivity contribution is -0.129. The highest BCUT2D eigenvalue weighted by Crippen LogP contribution is 2.56. The van der Waals surface area contributed by atoms with Gasteiger partial charge < -0.3 is 30.0 Å². The van der Waals surface area contributed by atoms with Crippen LogP contribution < -0.4 is 10.2 Å². The predicted molar refractivity (Wildman–Crippen MR) is 272 cm³/mol. The summed E-state index contributed by atoms with van der Waals surface area (Å²) in [6, 6.07) is 10.6. The van der Waals surface area contributed by atoms with E-state index in [-0.39, 0.29) is 39.4 Å². The minimum absolute atomic E-state index is 0.0107. The maximum absolute atomic E-state index is 14.6. The predicted octanol–water partition coefficient (Wildman–Crippen LogP) is 8.48. The Morgan fingerprint density at radius 1 is 1.06 bits per heavy atom. The molecule has 4 aromatic rings. The number of likely N-dealkylation sites (tertiary alicyclic amines) is 2. The average molecular weight is 994 g/mol. The number of aromatic nitrogens is 4. The van der Waals surface area contributed by atoms with Crippen LogP contribution in [0.2, 0.25) is 5.02 Å². The zero-order valence-electron chi connectivity index (χ0n) is 41.9. The Morgan fingerprint density at radius 3 is 2.35 bits per heavy atom. The van der Waals surface area contributed by atoms with Gasteiger partial charge >= 0.3 is 0 Å². The number of halogens is 3. The molecule has 1 amide bonds. The summed E-state index contributed by atoms with van der Waals surface area (Å²) >= 11 is 5.55. The summed E-state index contributed by atoms with van der Waals surface area (Å²) in [4.78, 5) is 31.6. The molecule has 6 heterocycles. The highest BCUT2D eigenvalue weighted by Gasteiger charge is 2.55. The number of carbonyl (C=O) groups is 2. The van der Waals surface area contributed by atoms with Crippen molar-refractivity contribution in [2.75, 3.05) is 57.8 Å². The molecule has 10 rings (SSSR count). The number of nitrogens with zero attached hydrogens (tertiary/aromatic N) is 9. The zero-order valence-corrected chi connectivity index (χ0v) is 42.7. The fraction of sp³-hybridized carbons (Fsp3) is 0.528. The highest BCUT2D eigenvalue weighted by atomic mass is 35.5. The first-order valence-corrected chi connectivity index (χ1v) is 24.9. The van der Waals surface area contributed by atoms with Crippen LogP contribution in [0.5, 0.6) is 5.75 Å². The molecule has 0 radical (unpaired) electrons. The van der Waals surface area contributed by atoms with Crippen molar-refractivity contribution in [3.63, 3.8) is 0 Å². The lowest BCUT2D eigenvalue weighted by atomic mass is 9.52. The number of rotatable bonds is 10. The first-order chi connectivity index (χ1) is 33.6. The van der Waals surface area contributed by atoms with Crippen molar-refractivity contribution in [2.24, 2.45) is 29.2 Å². The molecule has 4 aliphatic heterocycles. The van der Waals surface area contributed by atoms with E-state index in [1.54, 1.807) is 37.1 Å². The molecule has 2 aromatic carbocycles. The molecule has 71 heavy (non-hydrogen) atoms. The van der Waals surface area contributed by atoms with Gasteiger partial charge in [0, 0.05) is 112 Å². The Labute approximate surface area is 420 Å². The van der Waals surface area contributed by atoms with Crippen LogP contribution in [-0.4, -0.2) is 122 Å². The maximum atomic E-state index is 14.6. The van der Waals surface area contributed by atoms with Gasteiger partial charge in [-0.3, -0.25) is 29.8 Å². The Hall–Kier alpha value is -5.96. The molecular weight excluding hydrogens is 926 g/mol. The van der Waals surface area contributed by atoms with Crippen molar-refractivity contribution in [2.45, 2.75) is 98.2 Å². The summed E-state index contributed by atoms with van der Waals surface area (Å²) in [5.74, 6) is 1.73. The van der Waals surface area contributed by atoms with Crippen LogP contribution in [0.4, 0.5) is 20.3 Å². The maximum Gasteiger partial charge on any atom is 0.264 e. The van der Waals surface area contributed by atoms with Crippen molar-refractivity contribution in [3.05, 3.63) is 87.8 Å². The first kappa shape index (κ1) is 51.4. The molecule has 6 aliphatic rings. The fourth-order valence-corrected chi connectivity index (χ4v) is 12.9. The number of hydrogen-bond donors (Lipinski definition) is 4. The summed E-state index contributed by atoms with van der Waals surface area (Å²) in [5, 5.41) is 46.0. The highest BCUT2D eigenvalue weighted by molar-refractivity contribution is 6.33. The molecule has 2 saturated carbocycles. The van der Waals surface area contributed by atoms with Gasteiger partial charge in [0.1, 0.15) is 17.7 Å². The molecule has 0 atom stereocenters. The van der Waals surface area contributed by atoms with Gasteiger partial charge in [-0.2, -0.15) is 15.5 Å². The second-order valence-electron chi connectivity index (χ2n) is 21.9. The van der Waals surface area contributed by atoms with Gasteiger partial charge in [-0.25, -0.2) is 8.78 Å². The summed E-state index contributed by atoms with van der Waals surface area (Å²) in [7, 11) is 3.85. The smallest absolute Gasteiger partial charge is 0.264 e. The van der Waals surface area contributed by atoms with E-state index in [4.69, 9.17) is 37.9 Å². The summed E-state index contributed by atoms with van der Waals surface area (Å²) in [6.45, 7) is 17.5. The quantitative estimate of drug-likeness (QED) is 0.0682. The molecule has 0 unspecified atom stereocenters. The largest absolute Gasteiger partial charge is 0.508 e. The van der Waals surface area contributed by atoms with Crippen molar-refractivity contribution in [1.82, 2.24) is 39.6 Å². The van der Waals surface area contributed by atoms with Gasteiger partial charge in [0.15, 0.2) is 12.1 Å². The number of nitrogens with one attached hydrogen (secondary N) is 3. The van der Waals surface area contributed by atoms with E-state index < -0.39 is 6.43 Å². The number of nitriles is 1. The molecule has 4 N–H and O–H groups in total. The van der Waals surface area contributed by atoms with Gasteiger partial charge in [-0.15, -0.1) is 0 Å². The Bertz CT molecular complexity index is 2740. The van der Waals surface area contributed by atoms with Crippen LogP contribution in [0.3, 0.4) is 0 Å². The summed E-state index contributed by atoms with van der Waals surface area (Å²) in [5.41, 5.74) is 6.73. The normalized spacial score (nSPS) is 20.0. The molecule has 378 valence electrons. The van der Waals surface area contributed by atoms with Crippen LogP contribution in [0.15, 0.2) is 54.9 Å². The molecule has 2 saturated heterocycles. The standard InChI is InChI=1S/C37H44F2N10O2.C9H19N.C7H4ClNO/c1-23(51)46-9-7-32-31(19-46)36(48-8-3-4-25-10-29(26-14-42-44(2)18-26)30(35(38)39)11-33(25)48)43-49(32)28-12-37(13-28)21-45(22-37)15-24-16-47(17-24)34(41)6-5-27(40)20-50;1-8(2)6-9(3,4)7(8)10-5;8-7-3-6(10)2-1-5(7)4-9/h5-6,10-11,14,18,20,24,28,35,40-41H,3-4,7-9,12-13,15-17,19,21-22H2,1-2H3;7,10H,6H2,1-5H3;1-3,10H/b6-5-,40-27?,41-34?;;. The number of amidine groups is 1. The van der Waals surface area contributed by atoms with Gasteiger partial charge in [-0.1, -0.05) is 39.3 Å². The van der Waals surface area contributed by atoms with Gasteiger partial charge in [-0.05, 0) is 109 Å². The van der Waals surface area contributed by atoms with Crippen LogP contribution >= 0.6 is 11.6 Å². The van der Waals surface area contributed by atoms with Gasteiger partial charge in [0.05, 0.1) is 35.1 Å². The number of phenolic OH excluding ortho intramolecular Hbond substituents is 1. The number of alkyl halides is 2. The molecule has 15 nitrogen and oxygen atoms in total. The minimum atomic E-state index is -2.65. The number of benzene rings is 2. The van der Waals surface area contributed by atoms with E-state index in [0.717, 1.165) is 87.5 Å². The number of carbonyl (C=O) groups excluding carboxylic acids is 2. The molecule has 4 fully saturated rings. The summed E-state index contributed by atoms with van der Waals surface area (Å²) in [6.07, 6.45) is 9.92. The third kappa shape index (κ3) is 10.7. The lowest BCUT2D eigenvalue weighted by Crippen LogP contribution is -2.65. The number of hydrogen-bond acceptors (Lipinski definition) is 11. The van der Waals surface area contributed by atoms with Crippen molar-refractivity contribution >= 4 is 46.8 Å². The number of fused-ring (bicyclic) bond motifs is 2. The molecule has 0 bridgehead atoms. The molecular formula is C53H67ClF2N12O3. The summed E-state index contributed by atoms with van der Waals surface area (Å²) < 4.78 is 33.0. The molecule has 1 spiro atoms. The lowest BCUT2D eigenvalue weighted by Gasteiger charge is -2.60. The number of anilines is 2. The number of amides is 1. The number of allylic oxidation sites excluding steroid dienone is 1. The van der Waals surface area contributed by atoms with Crippen LogP contribution in [0.25, 0.3) is 11.1 Å². The van der Waals surface area contributed by atoms with E-state index in [2.05, 4.69) is 59.6 Å². The fourth-order valence-electron chi connectivity index (χ4n) is 12.7. The van der Waals surface area contributed by atoms with E-state index >= 15 is 0 Å². The SMILES string of the molecule is CC(=O)N1CCc2c(c(N3CCCc4cc(-c5cnn(C)c5)c(C(F)F)cc43)nn2C2CC3(C2)CN(CC2CN(C(=N)/C=C\C(=N)C=O)C2)C3)C1.CNC1C(C)(C)CC1(C)C.N#Cc1ccc(O)cc1Cl. The number of aryl methyl sites for hydroxylation is 2. The average Bonchev–Trinajstić information content (AvgIpc) is 3.88. The van der Waals surface area contributed by atoms with E-state index in [1.807, 2.05) is 21.9 Å². The first-order valence-electron chi connectivity index (χ1n) is 24.6. The van der Waals surface area contributed by atoms with Gasteiger partial charge in [0.25, 0.3) is 6.43 Å². The molecule has 2 aromatic heterocycles. The van der Waals surface area contributed by atoms with E-state index in [0.29, 0.717) is 71.2 Å². The topological polar surface area (TPSA) is 186 Å². The van der Waals surface area contributed by atoms with Crippen molar-refractivity contribution < 1.29 is 23.5 Å². The number of phenols is 1. The third-order valence-corrected chi connectivity index (χ3v) is 15.7. The second kappa shape index (κ2) is 20.3. The number of aromatic hydroxyl groups is 1. The zero-order chi connectivity index (χ0) is 51.2. The minimum Gasteiger partial charge on any atom is -0.508 e. The number of aldehydes is 1. The Morgan fingerprint density at radius 2 is 1.77 bits per heavy atom. The second-order valence-corrected chi connectivity index (χ2v) is 22.3. The van der Waals surface area contributed by atoms with Crippen LogP contribution in [-0.2, 0) is 36.0 Å². The Balaban J connectivity index is 0.000000280. The van der Waals surface area contributed by atoms with Crippen molar-refractivity contribution in [1.29, 1.82) is 16.1 Å². The van der Waals surface area contributed by atoms with Gasteiger partial charge in [0.2, 0.25) is 5.91 Å². The monoisotopic (exact) mass is 993 g/mol. The van der Waals surface area contributed by atoms with Crippen LogP contribution in [0, 0.1) is 44.3 Å².